The lowest BCUT2D eigenvalue weighted by atomic mass is 9.79. The van der Waals surface area contributed by atoms with Gasteiger partial charge in [0.1, 0.15) is 5.41 Å². The van der Waals surface area contributed by atoms with Crippen LogP contribution in [0.2, 0.25) is 0 Å². The van der Waals surface area contributed by atoms with Gasteiger partial charge in [-0.2, -0.15) is 0 Å². The van der Waals surface area contributed by atoms with Crippen LogP contribution in [-0.4, -0.2) is 23.9 Å². The molecule has 1 fully saturated rings. The second-order valence-electron chi connectivity index (χ2n) is 3.43. The number of carbonyl (C=O) groups is 4. The summed E-state index contributed by atoms with van der Waals surface area (Å²) in [6.45, 7) is 3.50. The Kier molecular flexibility index (Phi) is 5.10. The Morgan fingerprint density at radius 3 is 1.59 bits per heavy atom. The molecule has 1 aliphatic heterocycles. The van der Waals surface area contributed by atoms with Crippen molar-refractivity contribution < 1.29 is 19.2 Å². The molecule has 0 saturated carbocycles. The summed E-state index contributed by atoms with van der Waals surface area (Å²) in [5.74, 6) is -0.988. The van der Waals surface area contributed by atoms with Gasteiger partial charge < -0.3 is 11.5 Å². The van der Waals surface area contributed by atoms with Crippen LogP contribution in [-0.2, 0) is 9.59 Å². The molecule has 8 heteroatoms. The van der Waals surface area contributed by atoms with Crippen LogP contribution in [0, 0.1) is 5.41 Å². The van der Waals surface area contributed by atoms with Gasteiger partial charge in [-0.1, -0.05) is 13.8 Å². The van der Waals surface area contributed by atoms with Crippen molar-refractivity contribution >= 4 is 23.9 Å². The van der Waals surface area contributed by atoms with E-state index in [2.05, 4.69) is 22.1 Å². The van der Waals surface area contributed by atoms with Crippen molar-refractivity contribution in [2.75, 3.05) is 0 Å². The van der Waals surface area contributed by atoms with Gasteiger partial charge in [-0.05, 0) is 12.8 Å². The molecule has 0 aromatic heterocycles. The molecule has 0 atom stereocenters. The summed E-state index contributed by atoms with van der Waals surface area (Å²) in [5, 5.41) is 4.19. The summed E-state index contributed by atoms with van der Waals surface area (Å²) in [5.41, 5.74) is 7.44. The molecule has 0 aliphatic carbocycles. The lowest BCUT2D eigenvalue weighted by Gasteiger charge is -2.31. The van der Waals surface area contributed by atoms with E-state index in [9.17, 15) is 14.4 Å². The maximum atomic E-state index is 11.4. The van der Waals surface area contributed by atoms with Crippen molar-refractivity contribution in [3.8, 4) is 0 Å². The van der Waals surface area contributed by atoms with Crippen molar-refractivity contribution in [2.45, 2.75) is 26.7 Å². The molecule has 1 rings (SSSR count). The fourth-order valence-electron chi connectivity index (χ4n) is 1.47. The normalized spacial score (nSPS) is 17.4. The summed E-state index contributed by atoms with van der Waals surface area (Å²) >= 11 is 0. The molecule has 1 heterocycles. The predicted molar refractivity (Wildman–Crippen MR) is 58.5 cm³/mol. The zero-order chi connectivity index (χ0) is 13.6. The molecule has 6 N–H and O–H groups in total. The molecule has 6 amide bonds. The molecule has 0 unspecified atom stereocenters. The van der Waals surface area contributed by atoms with Crippen LogP contribution in [0.4, 0.5) is 9.59 Å². The molecular formula is C9H16N4O4. The maximum Gasteiger partial charge on any atom is 0.328 e. The van der Waals surface area contributed by atoms with E-state index in [-0.39, 0.29) is 0 Å². The second kappa shape index (κ2) is 5.83. The third-order valence-electron chi connectivity index (χ3n) is 2.53. The quantitative estimate of drug-likeness (QED) is 0.470. The van der Waals surface area contributed by atoms with Crippen molar-refractivity contribution in [1.82, 2.24) is 10.6 Å². The van der Waals surface area contributed by atoms with Gasteiger partial charge in [0.05, 0.1) is 0 Å². The van der Waals surface area contributed by atoms with E-state index < -0.39 is 29.3 Å². The van der Waals surface area contributed by atoms with Gasteiger partial charge in [-0.15, -0.1) is 0 Å². The number of urea groups is 2. The monoisotopic (exact) mass is 244 g/mol. The zero-order valence-corrected chi connectivity index (χ0v) is 9.70. The summed E-state index contributed by atoms with van der Waals surface area (Å²) in [6.07, 6.45) is 0.795. The van der Waals surface area contributed by atoms with E-state index >= 15 is 0 Å². The van der Waals surface area contributed by atoms with Gasteiger partial charge in [-0.3, -0.25) is 20.2 Å². The van der Waals surface area contributed by atoms with E-state index in [0.29, 0.717) is 12.8 Å². The number of nitrogens with one attached hydrogen (secondary N) is 2. The van der Waals surface area contributed by atoms with Crippen LogP contribution in [0.3, 0.4) is 0 Å². The molecule has 0 bridgehead atoms. The maximum absolute atomic E-state index is 11.4. The fourth-order valence-corrected chi connectivity index (χ4v) is 1.47. The molecule has 8 nitrogen and oxygen atoms in total. The lowest BCUT2D eigenvalue weighted by Crippen LogP contribution is -2.61. The summed E-state index contributed by atoms with van der Waals surface area (Å²) in [7, 11) is 0. The van der Waals surface area contributed by atoms with Gasteiger partial charge in [0, 0.05) is 0 Å². The van der Waals surface area contributed by atoms with E-state index in [0.717, 1.165) is 0 Å². The largest absolute Gasteiger partial charge is 0.352 e. The third kappa shape index (κ3) is 3.44. The van der Waals surface area contributed by atoms with Crippen molar-refractivity contribution in [3.05, 3.63) is 0 Å². The molecule has 1 saturated heterocycles. The minimum atomic E-state index is -1.06. The topological polar surface area (TPSA) is 144 Å². The minimum Gasteiger partial charge on any atom is -0.352 e. The van der Waals surface area contributed by atoms with Gasteiger partial charge in [0.15, 0.2) is 0 Å². The SMILES string of the molecule is CCC1(CC)C(=O)NC(=O)NC1=O.NC(N)=O. The standard InChI is InChI=1S/C8H12N2O3.CH4N2O/c1-3-8(4-2)5(11)9-7(13)10-6(8)12;2-1(3)4/h3-4H2,1-2H3,(H2,9,10,11,12,13);(H4,2,3,4). The highest BCUT2D eigenvalue weighted by Crippen LogP contribution is 2.28. The van der Waals surface area contributed by atoms with Gasteiger partial charge in [0.25, 0.3) is 0 Å². The molecule has 96 valence electrons. The number of imide groups is 2. The highest BCUT2D eigenvalue weighted by Gasteiger charge is 2.47. The number of primary amides is 2. The Bertz CT molecular complexity index is 323. The van der Waals surface area contributed by atoms with Crippen molar-refractivity contribution in [3.63, 3.8) is 0 Å². The summed E-state index contributed by atoms with van der Waals surface area (Å²) < 4.78 is 0. The Balaban J connectivity index is 0.000000557. The van der Waals surface area contributed by atoms with E-state index in [1.54, 1.807) is 13.8 Å². The fraction of sp³-hybridized carbons (Fsp3) is 0.556. The number of carbonyl (C=O) groups excluding carboxylic acids is 4. The lowest BCUT2D eigenvalue weighted by molar-refractivity contribution is -0.144. The average molecular weight is 244 g/mol. The molecule has 1 aliphatic rings. The third-order valence-corrected chi connectivity index (χ3v) is 2.53. The Morgan fingerprint density at radius 1 is 1.06 bits per heavy atom. The molecule has 0 radical (unpaired) electrons. The predicted octanol–water partition coefficient (Wildman–Crippen LogP) is -0.817. The molecular weight excluding hydrogens is 228 g/mol. The number of hydrogen-bond acceptors (Lipinski definition) is 4. The Labute approximate surface area is 98.1 Å². The van der Waals surface area contributed by atoms with Crippen LogP contribution in [0.5, 0.6) is 0 Å². The highest BCUT2D eigenvalue weighted by molar-refractivity contribution is 6.19. The molecule has 0 spiro atoms. The highest BCUT2D eigenvalue weighted by atomic mass is 16.2. The van der Waals surface area contributed by atoms with Crippen LogP contribution in [0.1, 0.15) is 26.7 Å². The van der Waals surface area contributed by atoms with Gasteiger partial charge in [-0.25, -0.2) is 9.59 Å². The summed E-state index contributed by atoms with van der Waals surface area (Å²) in [6, 6.07) is -1.56. The number of rotatable bonds is 2. The Morgan fingerprint density at radius 2 is 1.35 bits per heavy atom. The first-order valence-electron chi connectivity index (χ1n) is 5.02. The average Bonchev–Trinajstić information content (AvgIpc) is 2.17. The van der Waals surface area contributed by atoms with Crippen LogP contribution in [0.15, 0.2) is 0 Å². The number of nitrogens with two attached hydrogens (primary N) is 2. The van der Waals surface area contributed by atoms with E-state index in [4.69, 9.17) is 4.79 Å². The van der Waals surface area contributed by atoms with E-state index in [1.807, 2.05) is 0 Å². The first kappa shape index (κ1) is 14.9. The first-order valence-corrected chi connectivity index (χ1v) is 5.02. The van der Waals surface area contributed by atoms with Crippen LogP contribution < -0.4 is 22.1 Å². The second-order valence-corrected chi connectivity index (χ2v) is 3.43. The van der Waals surface area contributed by atoms with Gasteiger partial charge >= 0.3 is 12.1 Å². The Hall–Kier alpha value is -2.12. The van der Waals surface area contributed by atoms with Crippen LogP contribution >= 0.6 is 0 Å². The number of hydrogen-bond donors (Lipinski definition) is 4. The van der Waals surface area contributed by atoms with Crippen LogP contribution in [0.25, 0.3) is 0 Å². The smallest absolute Gasteiger partial charge is 0.328 e. The van der Waals surface area contributed by atoms with Gasteiger partial charge in [0.2, 0.25) is 11.8 Å². The molecule has 17 heavy (non-hydrogen) atoms. The van der Waals surface area contributed by atoms with E-state index in [1.165, 1.54) is 0 Å². The van der Waals surface area contributed by atoms with Crippen molar-refractivity contribution in [1.29, 1.82) is 0 Å². The summed E-state index contributed by atoms with van der Waals surface area (Å²) in [4.78, 5) is 42.6. The molecule has 0 aromatic rings. The zero-order valence-electron chi connectivity index (χ0n) is 9.70. The molecule has 0 aromatic carbocycles. The minimum absolute atomic E-state index is 0.397. The first-order chi connectivity index (χ1) is 7.80. The number of amides is 6. The number of barbiturate groups is 1. The van der Waals surface area contributed by atoms with Crippen molar-refractivity contribution in [2.24, 2.45) is 16.9 Å².